The van der Waals surface area contributed by atoms with Crippen LogP contribution in [0.1, 0.15) is 57.6 Å². The summed E-state index contributed by atoms with van der Waals surface area (Å²) in [7, 11) is 0. The first-order valence-corrected chi connectivity index (χ1v) is 12.4. The number of piperidine rings is 1. The van der Waals surface area contributed by atoms with E-state index in [0.717, 1.165) is 32.4 Å². The normalized spacial score (nSPS) is 14.7. The molecule has 0 unspecified atom stereocenters. The zero-order valence-electron chi connectivity index (χ0n) is 19.3. The number of hydrogen-bond donors (Lipinski definition) is 2. The number of thiol groups is 1. The molecule has 1 heterocycles. The maximum atomic E-state index is 12.2. The molecule has 0 aromatic heterocycles. The van der Waals surface area contributed by atoms with Crippen LogP contribution in [0.3, 0.4) is 0 Å². The minimum atomic E-state index is -0.547. The van der Waals surface area contributed by atoms with E-state index in [0.29, 0.717) is 18.7 Å². The first kappa shape index (κ1) is 27.8. The van der Waals surface area contributed by atoms with Crippen molar-refractivity contribution in [3.05, 3.63) is 77.4 Å². The second kappa shape index (κ2) is 14.8. The zero-order chi connectivity index (χ0) is 23.5. The molecule has 1 aliphatic rings. The average Bonchev–Trinajstić information content (AvgIpc) is 2.85. The lowest BCUT2D eigenvalue weighted by Gasteiger charge is -2.30. The number of Topliss-reactive ketones (excluding diaryl/α,β-unsaturated/α-hetero) is 1. The van der Waals surface area contributed by atoms with Gasteiger partial charge in [-0.05, 0) is 36.0 Å². The molecule has 0 amide bonds. The Bertz CT molecular complexity index is 880. The maximum Gasteiger partial charge on any atom is 0.326 e. The van der Waals surface area contributed by atoms with Gasteiger partial charge in [0.05, 0.1) is 6.42 Å². The third kappa shape index (κ3) is 8.12. The molecule has 5 nitrogen and oxygen atoms in total. The van der Waals surface area contributed by atoms with Gasteiger partial charge in [0.15, 0.2) is 5.78 Å². The number of nitrogens with one attached hydrogen (secondary N) is 1. The quantitative estimate of drug-likeness (QED) is 0.335. The first-order chi connectivity index (χ1) is 16.1. The van der Waals surface area contributed by atoms with Crippen molar-refractivity contribution in [3.63, 3.8) is 0 Å². The van der Waals surface area contributed by atoms with Crippen LogP contribution in [0.5, 0.6) is 0 Å². The van der Waals surface area contributed by atoms with Crippen LogP contribution in [-0.4, -0.2) is 48.1 Å². The van der Waals surface area contributed by atoms with Gasteiger partial charge in [-0.2, -0.15) is 12.6 Å². The predicted molar refractivity (Wildman–Crippen MR) is 143 cm³/mol. The molecule has 6 heteroatoms. The molecule has 1 atom stereocenters. The van der Waals surface area contributed by atoms with E-state index in [9.17, 15) is 9.59 Å². The summed E-state index contributed by atoms with van der Waals surface area (Å²) < 4.78 is 0. The lowest BCUT2D eigenvalue weighted by atomic mass is 9.88. The Kier molecular flexibility index (Phi) is 12.1. The fraction of sp³-hybridized carbons (Fsp3) is 0.429. The molecule has 0 aliphatic carbocycles. The van der Waals surface area contributed by atoms with E-state index in [2.05, 4.69) is 71.5 Å². The fourth-order valence-electron chi connectivity index (χ4n) is 4.14. The molecular formula is C28H38N2O3S. The second-order valence-corrected chi connectivity index (χ2v) is 8.71. The van der Waals surface area contributed by atoms with Crippen LogP contribution in [0.4, 0.5) is 0 Å². The number of carbonyl (C=O) groups excluding carboxylic acids is 2. The largest absolute Gasteiger partial charge is 0.370 e. The van der Waals surface area contributed by atoms with Gasteiger partial charge in [-0.25, -0.2) is 0 Å². The highest BCUT2D eigenvalue weighted by Gasteiger charge is 2.21. The van der Waals surface area contributed by atoms with Crippen LogP contribution in [-0.2, 0) is 14.4 Å². The van der Waals surface area contributed by atoms with Gasteiger partial charge >= 0.3 is 5.97 Å². The van der Waals surface area contributed by atoms with Gasteiger partial charge in [0, 0.05) is 31.8 Å². The molecule has 34 heavy (non-hydrogen) atoms. The zero-order valence-corrected chi connectivity index (χ0v) is 20.2. The SMILES string of the molecule is C.CCCC(=O)[C@H](CS)NOC(=O)CCN1CCC(=C(c2ccccc2)c2ccccc2)CC1. The van der Waals surface area contributed by atoms with E-state index in [-0.39, 0.29) is 25.6 Å². The van der Waals surface area contributed by atoms with Crippen LogP contribution in [0.15, 0.2) is 66.2 Å². The smallest absolute Gasteiger partial charge is 0.326 e. The Morgan fingerprint density at radius 2 is 1.53 bits per heavy atom. The molecule has 1 N–H and O–H groups in total. The van der Waals surface area contributed by atoms with Crippen molar-refractivity contribution < 1.29 is 14.4 Å². The topological polar surface area (TPSA) is 58.6 Å². The van der Waals surface area contributed by atoms with Crippen LogP contribution in [0.2, 0.25) is 0 Å². The average molecular weight is 483 g/mol. The van der Waals surface area contributed by atoms with Gasteiger partial charge in [-0.3, -0.25) is 9.59 Å². The number of likely N-dealkylation sites (tertiary alicyclic amines) is 1. The Labute approximate surface area is 209 Å². The van der Waals surface area contributed by atoms with Gasteiger partial charge in [0.2, 0.25) is 0 Å². The van der Waals surface area contributed by atoms with Crippen molar-refractivity contribution in [2.45, 2.75) is 52.5 Å². The highest BCUT2D eigenvalue weighted by molar-refractivity contribution is 7.80. The summed E-state index contributed by atoms with van der Waals surface area (Å²) in [6, 6.07) is 20.6. The summed E-state index contributed by atoms with van der Waals surface area (Å²) in [4.78, 5) is 31.6. The Morgan fingerprint density at radius 1 is 0.971 bits per heavy atom. The van der Waals surface area contributed by atoms with Crippen molar-refractivity contribution in [2.75, 3.05) is 25.4 Å². The summed E-state index contributed by atoms with van der Waals surface area (Å²) in [6.45, 7) is 4.41. The maximum absolute atomic E-state index is 12.2. The van der Waals surface area contributed by atoms with E-state index in [4.69, 9.17) is 4.84 Å². The molecule has 184 valence electrons. The van der Waals surface area contributed by atoms with Crippen LogP contribution in [0.25, 0.3) is 5.57 Å². The first-order valence-electron chi connectivity index (χ1n) is 11.8. The summed E-state index contributed by atoms with van der Waals surface area (Å²) >= 11 is 4.18. The Morgan fingerprint density at radius 3 is 2.03 bits per heavy atom. The third-order valence-corrected chi connectivity index (χ3v) is 6.32. The van der Waals surface area contributed by atoms with Gasteiger partial charge in [-0.15, -0.1) is 5.48 Å². The molecular weight excluding hydrogens is 444 g/mol. The minimum Gasteiger partial charge on any atom is -0.370 e. The number of ketones is 1. The molecule has 1 aliphatic heterocycles. The predicted octanol–water partition coefficient (Wildman–Crippen LogP) is 5.33. The standard InChI is InChI=1S/C27H34N2O3S.CH4/c1-2-9-25(30)24(20-33)28-32-26(31)16-19-29-17-14-23(15-18-29)27(21-10-5-3-6-11-21)22-12-7-4-8-13-22;/h3-8,10-13,24,28,33H,2,9,14-20H2,1H3;1H4/t24-;/m0./s1. The van der Waals surface area contributed by atoms with Crippen molar-refractivity contribution >= 4 is 30.0 Å². The van der Waals surface area contributed by atoms with Crippen molar-refractivity contribution in [2.24, 2.45) is 0 Å². The third-order valence-electron chi connectivity index (χ3n) is 5.95. The molecule has 0 spiro atoms. The highest BCUT2D eigenvalue weighted by atomic mass is 32.1. The Balaban J connectivity index is 0.00000408. The number of carbonyl (C=O) groups is 2. The fourth-order valence-corrected chi connectivity index (χ4v) is 4.42. The van der Waals surface area contributed by atoms with Crippen molar-refractivity contribution in [1.29, 1.82) is 0 Å². The lowest BCUT2D eigenvalue weighted by molar-refractivity contribution is -0.154. The van der Waals surface area contributed by atoms with E-state index >= 15 is 0 Å². The monoisotopic (exact) mass is 482 g/mol. The van der Waals surface area contributed by atoms with E-state index in [1.54, 1.807) is 0 Å². The van der Waals surface area contributed by atoms with E-state index in [1.165, 1.54) is 22.3 Å². The number of benzene rings is 2. The van der Waals surface area contributed by atoms with Crippen LogP contribution in [0, 0.1) is 0 Å². The second-order valence-electron chi connectivity index (χ2n) is 8.35. The summed E-state index contributed by atoms with van der Waals surface area (Å²) in [5.41, 5.74) is 7.88. The van der Waals surface area contributed by atoms with E-state index in [1.807, 2.05) is 19.1 Å². The molecule has 3 rings (SSSR count). The van der Waals surface area contributed by atoms with Gasteiger partial charge < -0.3 is 9.74 Å². The summed E-state index contributed by atoms with van der Waals surface area (Å²) in [5, 5.41) is 0. The van der Waals surface area contributed by atoms with Crippen LogP contribution < -0.4 is 5.48 Å². The summed E-state index contributed by atoms with van der Waals surface area (Å²) in [5.74, 6) is -0.0247. The van der Waals surface area contributed by atoms with Crippen LogP contribution >= 0.6 is 12.6 Å². The van der Waals surface area contributed by atoms with Gasteiger partial charge in [0.25, 0.3) is 0 Å². The van der Waals surface area contributed by atoms with E-state index < -0.39 is 6.04 Å². The lowest BCUT2D eigenvalue weighted by Crippen LogP contribution is -2.40. The molecule has 2 aromatic carbocycles. The number of hydroxylamine groups is 1. The number of nitrogens with zero attached hydrogens (tertiary/aromatic N) is 1. The summed E-state index contributed by atoms with van der Waals surface area (Å²) in [6.07, 6.45) is 3.45. The Hall–Kier alpha value is -2.41. The number of rotatable bonds is 11. The van der Waals surface area contributed by atoms with Crippen molar-refractivity contribution in [3.8, 4) is 0 Å². The molecule has 0 saturated carbocycles. The highest BCUT2D eigenvalue weighted by Crippen LogP contribution is 2.32. The molecule has 0 radical (unpaired) electrons. The van der Waals surface area contributed by atoms with Gasteiger partial charge in [-0.1, -0.05) is 80.6 Å². The molecule has 2 aromatic rings. The van der Waals surface area contributed by atoms with Crippen molar-refractivity contribution in [1.82, 2.24) is 10.4 Å². The molecule has 1 saturated heterocycles. The minimum absolute atomic E-state index is 0. The number of hydrogen-bond acceptors (Lipinski definition) is 6. The molecule has 1 fully saturated rings. The van der Waals surface area contributed by atoms with Gasteiger partial charge in [0.1, 0.15) is 6.04 Å². The molecule has 0 bridgehead atoms.